The second-order valence-electron chi connectivity index (χ2n) is 29.6. The fourth-order valence-corrected chi connectivity index (χ4v) is 15.7. The Morgan fingerprint density at radius 3 is 0.990 bits per heavy atom. The highest BCUT2D eigenvalue weighted by atomic mass is 19.2. The van der Waals surface area contributed by atoms with Gasteiger partial charge in [0, 0.05) is 33.4 Å². The number of rotatable bonds is 37. The van der Waals surface area contributed by atoms with Crippen molar-refractivity contribution in [1.29, 1.82) is 0 Å². The lowest BCUT2D eigenvalue weighted by atomic mass is 9.76. The quantitative estimate of drug-likeness (QED) is 0.0220. The molecule has 0 bridgehead atoms. The van der Waals surface area contributed by atoms with Crippen molar-refractivity contribution in [3.05, 3.63) is 202 Å². The molecule has 0 spiro atoms. The minimum Gasteiger partial charge on any atom is -0.490 e. The Kier molecular flexibility index (Phi) is 37.3. The van der Waals surface area contributed by atoms with Gasteiger partial charge in [0.1, 0.15) is 6.61 Å². The van der Waals surface area contributed by atoms with Crippen LogP contribution >= 0.6 is 0 Å². The lowest BCUT2D eigenvalue weighted by Crippen LogP contribution is -2.15. The smallest absolute Gasteiger partial charge is 0.201 e. The monoisotopic (exact) mass is 1470 g/mol. The predicted octanol–water partition coefficient (Wildman–Crippen LogP) is 30.2. The number of allylic oxidation sites excluding steroid dienone is 3. The van der Waals surface area contributed by atoms with Gasteiger partial charge in [0.25, 0.3) is 0 Å². The largest absolute Gasteiger partial charge is 0.490 e. The SMILES string of the molecule is C/C=C/COc1ccc(-c2ccc(C3CCC(CCCCCCCC)CC3)c(F)c2F)c(F)c1F.C=CCCOc1ccc(-c2ccc(C3CCC(CCCCCCCC)CC3)c(F)c2F)c(F)c1F.CC/C=C\Cc1ccc(-c2ccc(C3CCC(CCCCCCCC)CC3)c(F)c2F)c(F)c1F. The van der Waals surface area contributed by atoms with E-state index < -0.39 is 69.8 Å². The van der Waals surface area contributed by atoms with E-state index in [1.54, 1.807) is 43.4 Å². The summed E-state index contributed by atoms with van der Waals surface area (Å²) in [5.41, 5.74) is -0.401. The highest BCUT2D eigenvalue weighted by molar-refractivity contribution is 5.69. The van der Waals surface area contributed by atoms with Gasteiger partial charge < -0.3 is 9.47 Å². The maximum Gasteiger partial charge on any atom is 0.201 e. The first-order chi connectivity index (χ1) is 50.9. The zero-order chi connectivity index (χ0) is 75.6. The average molecular weight is 1470 g/mol. The van der Waals surface area contributed by atoms with Crippen molar-refractivity contribution in [3.63, 3.8) is 0 Å². The van der Waals surface area contributed by atoms with Crippen molar-refractivity contribution in [1.82, 2.24) is 0 Å². The van der Waals surface area contributed by atoms with Gasteiger partial charge in [-0.15, -0.1) is 6.58 Å². The van der Waals surface area contributed by atoms with Gasteiger partial charge in [-0.2, -0.15) is 8.78 Å². The van der Waals surface area contributed by atoms with Crippen molar-refractivity contribution >= 4 is 0 Å². The van der Waals surface area contributed by atoms with Gasteiger partial charge in [-0.25, -0.2) is 43.9 Å². The molecule has 14 heteroatoms. The third-order valence-corrected chi connectivity index (χ3v) is 22.1. The van der Waals surface area contributed by atoms with E-state index in [2.05, 4.69) is 27.4 Å². The number of unbranched alkanes of at least 4 members (excludes halogenated alkanes) is 15. The molecule has 3 saturated carbocycles. The molecule has 3 aliphatic rings. The van der Waals surface area contributed by atoms with Crippen LogP contribution in [0.2, 0.25) is 0 Å². The van der Waals surface area contributed by atoms with Gasteiger partial charge in [-0.3, -0.25) is 0 Å². The number of halogens is 12. The van der Waals surface area contributed by atoms with E-state index in [0.29, 0.717) is 40.9 Å². The molecule has 6 aromatic rings. The van der Waals surface area contributed by atoms with E-state index in [0.717, 1.165) is 83.5 Å². The molecular formula is C91H116F12O2. The summed E-state index contributed by atoms with van der Waals surface area (Å²) in [6, 6.07) is 16.5. The molecule has 105 heavy (non-hydrogen) atoms. The van der Waals surface area contributed by atoms with Gasteiger partial charge in [0.15, 0.2) is 69.7 Å². The summed E-state index contributed by atoms with van der Waals surface area (Å²) in [6.07, 6.45) is 48.2. The molecule has 0 N–H and O–H groups in total. The maximum absolute atomic E-state index is 15.1. The van der Waals surface area contributed by atoms with Gasteiger partial charge in [0.05, 0.1) is 6.61 Å². The Bertz CT molecular complexity index is 3660. The molecule has 3 fully saturated rings. The molecule has 0 atom stereocenters. The molecule has 0 amide bonds. The molecule has 3 aliphatic carbocycles. The second-order valence-corrected chi connectivity index (χ2v) is 29.6. The number of benzene rings is 6. The maximum atomic E-state index is 15.1. The Balaban J connectivity index is 0.000000220. The van der Waals surface area contributed by atoms with Gasteiger partial charge in [-0.1, -0.05) is 241 Å². The van der Waals surface area contributed by atoms with Crippen LogP contribution in [0.1, 0.15) is 299 Å². The highest BCUT2D eigenvalue weighted by Crippen LogP contribution is 2.45. The fourth-order valence-electron chi connectivity index (χ4n) is 15.7. The first-order valence-electron chi connectivity index (χ1n) is 39.9. The van der Waals surface area contributed by atoms with Crippen LogP contribution in [0.25, 0.3) is 33.4 Å². The lowest BCUT2D eigenvalue weighted by molar-refractivity contribution is 0.297. The summed E-state index contributed by atoms with van der Waals surface area (Å²) in [5, 5.41) is 0. The Labute approximate surface area is 620 Å². The number of hydrogen-bond donors (Lipinski definition) is 0. The second kappa shape index (κ2) is 45.8. The summed E-state index contributed by atoms with van der Waals surface area (Å²) in [7, 11) is 0. The average Bonchev–Trinajstić information content (AvgIpc) is 0.792. The van der Waals surface area contributed by atoms with Crippen LogP contribution in [0, 0.1) is 87.6 Å². The van der Waals surface area contributed by atoms with E-state index in [4.69, 9.17) is 9.47 Å². The molecule has 0 aliphatic heterocycles. The van der Waals surface area contributed by atoms with Gasteiger partial charge >= 0.3 is 0 Å². The van der Waals surface area contributed by atoms with Crippen LogP contribution < -0.4 is 9.47 Å². The summed E-state index contributed by atoms with van der Waals surface area (Å²) in [6.45, 7) is 14.2. The zero-order valence-corrected chi connectivity index (χ0v) is 63.2. The molecule has 0 aromatic heterocycles. The Morgan fingerprint density at radius 2 is 0.648 bits per heavy atom. The highest BCUT2D eigenvalue weighted by Gasteiger charge is 2.32. The normalized spacial score (nSPS) is 18.3. The minimum atomic E-state index is -1.25. The van der Waals surface area contributed by atoms with Crippen LogP contribution in [0.3, 0.4) is 0 Å². The first kappa shape index (κ1) is 85.5. The fraction of sp³-hybridized carbons (Fsp3) is 0.538. The lowest BCUT2D eigenvalue weighted by Gasteiger charge is -2.29. The molecular weight excluding hydrogens is 1350 g/mol. The Hall–Kier alpha value is -6.70. The van der Waals surface area contributed by atoms with Crippen molar-refractivity contribution in [2.75, 3.05) is 13.2 Å². The van der Waals surface area contributed by atoms with Crippen LogP contribution in [0.5, 0.6) is 11.5 Å². The summed E-state index contributed by atoms with van der Waals surface area (Å²) in [4.78, 5) is 0. The van der Waals surface area contributed by atoms with E-state index >= 15 is 26.3 Å². The summed E-state index contributed by atoms with van der Waals surface area (Å²) in [5.74, 6) is -11.8. The molecule has 6 aromatic carbocycles. The van der Waals surface area contributed by atoms with Crippen molar-refractivity contribution < 1.29 is 62.2 Å². The van der Waals surface area contributed by atoms with Crippen LogP contribution in [0.15, 0.2) is 110 Å². The van der Waals surface area contributed by atoms with E-state index in [1.165, 1.54) is 196 Å². The predicted molar refractivity (Wildman–Crippen MR) is 407 cm³/mol. The molecule has 0 saturated heterocycles. The minimum absolute atomic E-state index is 0.0198. The topological polar surface area (TPSA) is 18.5 Å². The van der Waals surface area contributed by atoms with Crippen molar-refractivity contribution in [3.8, 4) is 44.9 Å². The first-order valence-corrected chi connectivity index (χ1v) is 39.9. The summed E-state index contributed by atoms with van der Waals surface area (Å²) < 4.78 is 188. The molecule has 0 radical (unpaired) electrons. The van der Waals surface area contributed by atoms with Crippen molar-refractivity contribution in [2.45, 2.75) is 284 Å². The van der Waals surface area contributed by atoms with E-state index in [1.807, 2.05) is 13.0 Å². The van der Waals surface area contributed by atoms with E-state index in [9.17, 15) is 26.3 Å². The van der Waals surface area contributed by atoms with Gasteiger partial charge in [0.2, 0.25) is 11.6 Å². The van der Waals surface area contributed by atoms with Gasteiger partial charge in [-0.05, 0) is 185 Å². The van der Waals surface area contributed by atoms with Crippen LogP contribution in [-0.4, -0.2) is 13.2 Å². The van der Waals surface area contributed by atoms with Crippen LogP contribution in [-0.2, 0) is 6.42 Å². The molecule has 0 heterocycles. The number of hydrogen-bond acceptors (Lipinski definition) is 2. The molecule has 0 unspecified atom stereocenters. The standard InChI is InChI=1S/C31H40F4.2C30H38F4O/c1-3-5-7-8-9-11-12-22-14-16-23(17-15-22)25-20-21-27(31(35)29(25)33)26-19-18-24(13-10-6-4-2)28(32)30(26)34;2*1-3-5-7-8-9-10-11-21-12-14-22(15-13-21)23-16-17-24(28(32)27(23)31)25-18-19-26(30(34)29(25)33)35-20-6-4-2/h6,10,18-23H,3-5,7-9,11-17H2,1-2H3;4,6,16-19,21-22H,3,5,7-15,20H2,1-2H3;4,16-19,21-22H,2-3,5-15,20H2,1H3/b10-6-;6-4+;. The third-order valence-electron chi connectivity index (χ3n) is 22.1. The third kappa shape index (κ3) is 24.9. The Morgan fingerprint density at radius 1 is 0.333 bits per heavy atom. The molecule has 2 nitrogen and oxygen atoms in total. The molecule has 9 rings (SSSR count). The van der Waals surface area contributed by atoms with E-state index in [-0.39, 0.29) is 87.8 Å². The molecule has 576 valence electrons. The van der Waals surface area contributed by atoms with Crippen LogP contribution in [0.4, 0.5) is 52.7 Å². The number of ether oxygens (including phenoxy) is 2. The van der Waals surface area contributed by atoms with Crippen molar-refractivity contribution in [2.24, 2.45) is 17.8 Å². The zero-order valence-electron chi connectivity index (χ0n) is 63.2. The summed E-state index contributed by atoms with van der Waals surface area (Å²) >= 11 is 0.